The summed E-state index contributed by atoms with van der Waals surface area (Å²) in [6.07, 6.45) is -8.46. The molecule has 1 aliphatic rings. The van der Waals surface area contributed by atoms with E-state index < -0.39 is 113 Å². The van der Waals surface area contributed by atoms with Crippen molar-refractivity contribution >= 4 is 69.7 Å². The van der Waals surface area contributed by atoms with Gasteiger partial charge in [0.15, 0.2) is 35.6 Å². The first-order valence-electron chi connectivity index (χ1n) is 15.9. The normalized spacial score (nSPS) is 19.2. The van der Waals surface area contributed by atoms with Crippen molar-refractivity contribution < 1.29 is 85.4 Å². The van der Waals surface area contributed by atoms with Gasteiger partial charge in [0.2, 0.25) is 5.43 Å². The molecule has 5 atom stereocenters. The molecule has 1 aliphatic heterocycles. The minimum Gasteiger partial charge on any atom is -0.463 e. The Morgan fingerprint density at radius 2 is 1.04 bits per heavy atom. The van der Waals surface area contributed by atoms with Crippen molar-refractivity contribution in [2.45, 2.75) is 85.9 Å². The van der Waals surface area contributed by atoms with Crippen LogP contribution >= 0.6 is 0 Å². The van der Waals surface area contributed by atoms with E-state index >= 15 is 0 Å². The van der Waals surface area contributed by atoms with Gasteiger partial charge >= 0.3 is 47.8 Å². The number of carbonyl (C=O) groups is 8. The molecule has 2 heterocycles. The Morgan fingerprint density at radius 1 is 0.556 bits per heavy atom. The first-order valence-corrected chi connectivity index (χ1v) is 15.9. The van der Waals surface area contributed by atoms with Crippen molar-refractivity contribution in [3.63, 3.8) is 0 Å². The lowest BCUT2D eigenvalue weighted by molar-refractivity contribution is -0.254. The predicted molar refractivity (Wildman–Crippen MR) is 176 cm³/mol. The van der Waals surface area contributed by atoms with E-state index in [2.05, 4.69) is 0 Å². The highest BCUT2D eigenvalue weighted by molar-refractivity contribution is 5.98. The molecule has 3 aromatic rings. The highest BCUT2D eigenvalue weighted by Gasteiger charge is 2.54. The standard InChI is InChI=1S/C35H34O19/c1-13(36)45-12-27-31(49-17(5)40)34(51-19(7)42)35(52-20(8)43)33(54-27)29-26(48-16(4)39)11-25-28(32(29)50-18(6)41)30(44)21-9-23(46-14(2)37)24(47-15(3)38)10-22(21)53-25/h9-11,27,31,33-35H,12H2,1-8H3/t27-,31-,33+,34+,35+/m1/s1. The van der Waals surface area contributed by atoms with Crippen LogP contribution < -0.4 is 24.4 Å². The lowest BCUT2D eigenvalue weighted by Gasteiger charge is -2.45. The van der Waals surface area contributed by atoms with Crippen molar-refractivity contribution in [3.05, 3.63) is 34.0 Å². The van der Waals surface area contributed by atoms with E-state index in [9.17, 15) is 43.2 Å². The number of hydrogen-bond donors (Lipinski definition) is 0. The SMILES string of the molecule is CC(=O)OC[C@H]1O[C@@H](c2c(OC(C)=O)cc3oc4cc(OC(C)=O)c(OC(C)=O)cc4c(=O)c3c2OC(C)=O)[C@H](OC(C)=O)[C@@H](OC(C)=O)[C@@H]1OC(C)=O. The number of hydrogen-bond acceptors (Lipinski definition) is 19. The van der Waals surface area contributed by atoms with E-state index in [1.54, 1.807) is 0 Å². The molecular formula is C35H34O19. The van der Waals surface area contributed by atoms with E-state index in [0.29, 0.717) is 0 Å². The summed E-state index contributed by atoms with van der Waals surface area (Å²) in [6.45, 7) is 7.53. The molecule has 0 N–H and O–H groups in total. The molecule has 1 fully saturated rings. The maximum Gasteiger partial charge on any atom is 0.308 e. The summed E-state index contributed by atoms with van der Waals surface area (Å²) >= 11 is 0. The predicted octanol–water partition coefficient (Wildman–Crippen LogP) is 2.45. The van der Waals surface area contributed by atoms with Crippen molar-refractivity contribution in [2.24, 2.45) is 0 Å². The van der Waals surface area contributed by atoms with Crippen LogP contribution in [0.3, 0.4) is 0 Å². The maximum absolute atomic E-state index is 14.4. The van der Waals surface area contributed by atoms with Crippen LogP contribution in [0.4, 0.5) is 0 Å². The Kier molecular flexibility index (Phi) is 12.4. The third-order valence-corrected chi connectivity index (χ3v) is 7.27. The molecule has 2 aromatic carbocycles. The summed E-state index contributed by atoms with van der Waals surface area (Å²) in [7, 11) is 0. The summed E-state index contributed by atoms with van der Waals surface area (Å²) in [5.41, 5.74) is -1.99. The Balaban J connectivity index is 2.18. The molecule has 1 aromatic heterocycles. The number of esters is 8. The molecule has 19 nitrogen and oxygen atoms in total. The third kappa shape index (κ3) is 9.34. The van der Waals surface area contributed by atoms with Gasteiger partial charge in [-0.05, 0) is 6.07 Å². The molecule has 0 spiro atoms. The highest BCUT2D eigenvalue weighted by atomic mass is 16.7. The molecule has 54 heavy (non-hydrogen) atoms. The second-order valence-electron chi connectivity index (χ2n) is 11.7. The van der Waals surface area contributed by atoms with E-state index in [0.717, 1.165) is 73.6 Å². The minimum atomic E-state index is -1.82. The number of ether oxygens (including phenoxy) is 9. The molecule has 0 aliphatic carbocycles. The molecule has 0 bridgehead atoms. The first kappa shape index (κ1) is 40.4. The fraction of sp³-hybridized carbons (Fsp3) is 0.400. The van der Waals surface area contributed by atoms with Gasteiger partial charge in [-0.15, -0.1) is 0 Å². The highest BCUT2D eigenvalue weighted by Crippen LogP contribution is 2.48. The van der Waals surface area contributed by atoms with Crippen molar-refractivity contribution in [1.29, 1.82) is 0 Å². The van der Waals surface area contributed by atoms with Crippen LogP contribution in [-0.4, -0.2) is 78.8 Å². The smallest absolute Gasteiger partial charge is 0.308 e. The Bertz CT molecular complexity index is 2130. The van der Waals surface area contributed by atoms with E-state index in [-0.39, 0.29) is 28.1 Å². The van der Waals surface area contributed by atoms with Crippen molar-refractivity contribution in [3.8, 4) is 23.0 Å². The molecule has 288 valence electrons. The van der Waals surface area contributed by atoms with Gasteiger partial charge in [0, 0.05) is 67.5 Å². The lowest BCUT2D eigenvalue weighted by atomic mass is 9.88. The summed E-state index contributed by atoms with van der Waals surface area (Å²) in [5.74, 6) is -9.11. The largest absolute Gasteiger partial charge is 0.463 e. The number of benzene rings is 2. The second-order valence-corrected chi connectivity index (χ2v) is 11.7. The maximum atomic E-state index is 14.4. The van der Waals surface area contributed by atoms with Crippen LogP contribution in [0.15, 0.2) is 27.4 Å². The molecular weight excluding hydrogens is 724 g/mol. The average molecular weight is 759 g/mol. The molecule has 0 unspecified atom stereocenters. The molecule has 0 amide bonds. The molecule has 0 saturated carbocycles. The molecule has 0 radical (unpaired) electrons. The van der Waals surface area contributed by atoms with Gasteiger partial charge in [-0.1, -0.05) is 0 Å². The van der Waals surface area contributed by atoms with Gasteiger partial charge in [0.1, 0.15) is 41.1 Å². The van der Waals surface area contributed by atoms with Gasteiger partial charge in [0.05, 0.1) is 10.9 Å². The summed E-state index contributed by atoms with van der Waals surface area (Å²) in [4.78, 5) is 113. The molecule has 19 heteroatoms. The van der Waals surface area contributed by atoms with E-state index in [1.165, 1.54) is 0 Å². The van der Waals surface area contributed by atoms with Crippen molar-refractivity contribution in [1.82, 2.24) is 0 Å². The van der Waals surface area contributed by atoms with Gasteiger partial charge in [-0.25, -0.2) is 0 Å². The third-order valence-electron chi connectivity index (χ3n) is 7.27. The van der Waals surface area contributed by atoms with E-state index in [4.69, 9.17) is 47.0 Å². The van der Waals surface area contributed by atoms with Crippen LogP contribution in [0.5, 0.6) is 23.0 Å². The van der Waals surface area contributed by atoms with Gasteiger partial charge in [0.25, 0.3) is 0 Å². The lowest BCUT2D eigenvalue weighted by Crippen LogP contribution is -2.59. The quantitative estimate of drug-likeness (QED) is 0.125. The number of rotatable bonds is 10. The zero-order valence-electron chi connectivity index (χ0n) is 30.1. The molecule has 4 rings (SSSR count). The number of carbonyl (C=O) groups excluding carboxylic acids is 8. The van der Waals surface area contributed by atoms with Gasteiger partial charge in [-0.3, -0.25) is 43.2 Å². The first-order chi connectivity index (χ1) is 25.3. The van der Waals surface area contributed by atoms with Crippen LogP contribution in [0.25, 0.3) is 21.9 Å². The summed E-state index contributed by atoms with van der Waals surface area (Å²) in [5, 5.41) is -0.791. The van der Waals surface area contributed by atoms with Crippen LogP contribution in [-0.2, 0) is 62.0 Å². The average Bonchev–Trinajstić information content (AvgIpc) is 3.01. The number of fused-ring (bicyclic) bond motifs is 2. The van der Waals surface area contributed by atoms with E-state index in [1.807, 2.05) is 0 Å². The van der Waals surface area contributed by atoms with Crippen LogP contribution in [0.1, 0.15) is 67.1 Å². The Morgan fingerprint density at radius 3 is 1.56 bits per heavy atom. The van der Waals surface area contributed by atoms with Crippen LogP contribution in [0.2, 0.25) is 0 Å². The zero-order chi connectivity index (χ0) is 40.2. The topological polar surface area (TPSA) is 250 Å². The summed E-state index contributed by atoms with van der Waals surface area (Å²) in [6, 6.07) is 3.16. The fourth-order valence-electron chi connectivity index (χ4n) is 5.67. The fourth-order valence-corrected chi connectivity index (χ4v) is 5.67. The Hall–Kier alpha value is -6.37. The second kappa shape index (κ2) is 16.5. The summed E-state index contributed by atoms with van der Waals surface area (Å²) < 4.78 is 55.3. The molecule has 1 saturated heterocycles. The Labute approximate surface area is 304 Å². The van der Waals surface area contributed by atoms with Crippen LogP contribution in [0, 0.1) is 0 Å². The van der Waals surface area contributed by atoms with Gasteiger partial charge < -0.3 is 47.0 Å². The van der Waals surface area contributed by atoms with Crippen molar-refractivity contribution in [2.75, 3.05) is 6.61 Å². The van der Waals surface area contributed by atoms with Gasteiger partial charge in [-0.2, -0.15) is 0 Å². The monoisotopic (exact) mass is 758 g/mol. The minimum absolute atomic E-state index is 0.234. The zero-order valence-corrected chi connectivity index (χ0v) is 30.1.